The molecule has 2 aromatic rings. The lowest BCUT2D eigenvalue weighted by Gasteiger charge is -2.48. The maximum absolute atomic E-state index is 13.6. The molecule has 6 rings (SSSR count). The lowest BCUT2D eigenvalue weighted by molar-refractivity contribution is -0.120. The summed E-state index contributed by atoms with van der Waals surface area (Å²) in [6, 6.07) is 8.73. The first-order valence-corrected chi connectivity index (χ1v) is 12.4. The number of carbonyl (C=O) groups is 1. The van der Waals surface area contributed by atoms with Gasteiger partial charge in [-0.15, -0.1) is 0 Å². The van der Waals surface area contributed by atoms with Crippen molar-refractivity contribution in [3.8, 4) is 11.3 Å². The first-order chi connectivity index (χ1) is 16.3. The van der Waals surface area contributed by atoms with Gasteiger partial charge in [0.1, 0.15) is 0 Å². The maximum Gasteiger partial charge on any atom is 0.250 e. The summed E-state index contributed by atoms with van der Waals surface area (Å²) in [6.45, 7) is 6.30. The average Bonchev–Trinajstić information content (AvgIpc) is 3.40. The van der Waals surface area contributed by atoms with E-state index in [0.717, 1.165) is 53.7 Å². The highest BCUT2D eigenvalue weighted by molar-refractivity contribution is 6.00. The largest absolute Gasteiger partial charge is 0.362 e. The number of azo groups is 1. The summed E-state index contributed by atoms with van der Waals surface area (Å²) in [5.41, 5.74) is 8.04. The smallest absolute Gasteiger partial charge is 0.250 e. The molecule has 2 N–H and O–H groups in total. The van der Waals surface area contributed by atoms with Gasteiger partial charge in [-0.05, 0) is 57.6 Å². The van der Waals surface area contributed by atoms with Crippen molar-refractivity contribution in [2.24, 2.45) is 17.3 Å². The monoisotopic (exact) mass is 456 g/mol. The predicted molar refractivity (Wildman–Crippen MR) is 131 cm³/mol. The number of carbonyl (C=O) groups excluding carboxylic acids is 1. The summed E-state index contributed by atoms with van der Waals surface area (Å²) in [5.74, 6) is -0.00448. The van der Waals surface area contributed by atoms with Gasteiger partial charge in [0, 0.05) is 41.4 Å². The van der Waals surface area contributed by atoms with Gasteiger partial charge in [0.25, 0.3) is 5.91 Å². The number of nitrogens with zero attached hydrogens (tertiary/aromatic N) is 4. The summed E-state index contributed by atoms with van der Waals surface area (Å²) in [7, 11) is 2.05. The second kappa shape index (κ2) is 7.39. The zero-order valence-electron chi connectivity index (χ0n) is 20.4. The molecule has 0 bridgehead atoms. The quantitative estimate of drug-likeness (QED) is 0.716. The van der Waals surface area contributed by atoms with Gasteiger partial charge in [0.15, 0.2) is 6.17 Å². The maximum atomic E-state index is 13.6. The van der Waals surface area contributed by atoms with E-state index in [1.54, 1.807) is 0 Å². The number of rotatable bonds is 3. The fraction of sp³-hybridized carbons (Fsp3) is 0.481. The summed E-state index contributed by atoms with van der Waals surface area (Å²) in [5, 5.41) is 20.4. The lowest BCUT2D eigenvalue weighted by Crippen LogP contribution is -2.58. The number of aryl methyl sites for hydroxylation is 2. The Bertz CT molecular complexity index is 1300. The van der Waals surface area contributed by atoms with Crippen LogP contribution in [0, 0.1) is 0 Å². The molecular weight excluding hydrogens is 424 g/mol. The summed E-state index contributed by atoms with van der Waals surface area (Å²) < 4.78 is 2.04. The SMILES string of the molecule is CC[C@@]1(c2cccc(-c3c4c(nn3C)CCCC4)c2)C2=CN=NC2NC2=C1C(=O)NC(C)(C)C2. The number of fused-ring (bicyclic) bond motifs is 2. The van der Waals surface area contributed by atoms with Gasteiger partial charge in [-0.3, -0.25) is 9.48 Å². The molecule has 7 heteroatoms. The van der Waals surface area contributed by atoms with Crippen molar-refractivity contribution in [3.63, 3.8) is 0 Å². The molecule has 176 valence electrons. The molecule has 4 heterocycles. The Hall–Kier alpha value is -3.22. The molecule has 1 unspecified atom stereocenters. The van der Waals surface area contributed by atoms with Gasteiger partial charge in [-0.2, -0.15) is 15.3 Å². The topological polar surface area (TPSA) is 83.7 Å². The fourth-order valence-electron chi connectivity index (χ4n) is 6.58. The van der Waals surface area contributed by atoms with Crippen molar-refractivity contribution in [1.29, 1.82) is 0 Å². The minimum atomic E-state index is -0.579. The van der Waals surface area contributed by atoms with Crippen LogP contribution in [-0.4, -0.2) is 27.4 Å². The van der Waals surface area contributed by atoms with Gasteiger partial charge in [-0.25, -0.2) is 0 Å². The highest BCUT2D eigenvalue weighted by atomic mass is 16.2. The number of amides is 1. The molecule has 34 heavy (non-hydrogen) atoms. The molecule has 1 aromatic carbocycles. The molecule has 0 radical (unpaired) electrons. The van der Waals surface area contributed by atoms with E-state index in [9.17, 15) is 4.79 Å². The second-order valence-electron chi connectivity index (χ2n) is 10.7. The lowest BCUT2D eigenvalue weighted by atomic mass is 9.62. The van der Waals surface area contributed by atoms with Crippen LogP contribution in [-0.2, 0) is 30.1 Å². The van der Waals surface area contributed by atoms with Crippen LogP contribution in [0.25, 0.3) is 11.3 Å². The van der Waals surface area contributed by atoms with Crippen LogP contribution in [0.2, 0.25) is 0 Å². The Labute approximate surface area is 200 Å². The average molecular weight is 457 g/mol. The standard InChI is InChI=1S/C27H32N6O/c1-5-27(19-15-28-31-24(19)29-21-14-26(2,3)30-25(34)22(21)27)17-10-8-9-16(13-17)23-18-11-6-7-12-20(18)32-33(23)4/h8-10,13,15,24,29H,5-7,11-12,14H2,1-4H3,(H,30,34)/t24?,27-/m1/s1. The van der Waals surface area contributed by atoms with Crippen molar-refractivity contribution >= 4 is 5.91 Å². The summed E-state index contributed by atoms with van der Waals surface area (Å²) >= 11 is 0. The van der Waals surface area contributed by atoms with E-state index in [0.29, 0.717) is 0 Å². The number of nitrogens with one attached hydrogen (secondary N) is 2. The molecule has 0 fully saturated rings. The predicted octanol–water partition coefficient (Wildman–Crippen LogP) is 4.45. The highest BCUT2D eigenvalue weighted by Crippen LogP contribution is 2.51. The van der Waals surface area contributed by atoms with Gasteiger partial charge in [-0.1, -0.05) is 25.1 Å². The van der Waals surface area contributed by atoms with Crippen molar-refractivity contribution < 1.29 is 4.79 Å². The molecule has 1 aliphatic carbocycles. The molecule has 0 saturated carbocycles. The van der Waals surface area contributed by atoms with E-state index in [4.69, 9.17) is 5.10 Å². The van der Waals surface area contributed by atoms with Crippen LogP contribution in [0.15, 0.2) is 57.5 Å². The number of benzene rings is 1. The van der Waals surface area contributed by atoms with E-state index >= 15 is 0 Å². The van der Waals surface area contributed by atoms with Gasteiger partial charge in [0.2, 0.25) is 0 Å². The first kappa shape index (κ1) is 21.3. The molecule has 4 aliphatic rings. The van der Waals surface area contributed by atoms with Crippen molar-refractivity contribution in [3.05, 3.63) is 64.1 Å². The van der Waals surface area contributed by atoms with Crippen molar-refractivity contribution in [2.45, 2.75) is 76.4 Å². The number of hydrogen-bond acceptors (Lipinski definition) is 5. The van der Waals surface area contributed by atoms with Crippen LogP contribution < -0.4 is 10.6 Å². The third kappa shape index (κ3) is 2.95. The molecular formula is C27H32N6O. The van der Waals surface area contributed by atoms with Crippen LogP contribution in [0.4, 0.5) is 0 Å². The Morgan fingerprint density at radius 2 is 2.03 bits per heavy atom. The van der Waals surface area contributed by atoms with Crippen LogP contribution in [0.1, 0.15) is 63.3 Å². The third-order valence-electron chi connectivity index (χ3n) is 7.98. The Morgan fingerprint density at radius 3 is 2.85 bits per heavy atom. The Kier molecular flexibility index (Phi) is 4.63. The molecule has 0 saturated heterocycles. The van der Waals surface area contributed by atoms with Gasteiger partial charge in [0.05, 0.1) is 28.6 Å². The summed E-state index contributed by atoms with van der Waals surface area (Å²) in [6.07, 6.45) is 7.66. The molecule has 2 atom stereocenters. The van der Waals surface area contributed by atoms with Crippen LogP contribution >= 0.6 is 0 Å². The molecule has 3 aliphatic heterocycles. The second-order valence-corrected chi connectivity index (χ2v) is 10.7. The van der Waals surface area contributed by atoms with E-state index in [1.807, 2.05) is 17.9 Å². The number of aromatic nitrogens is 2. The van der Waals surface area contributed by atoms with Crippen LogP contribution in [0.3, 0.4) is 0 Å². The minimum Gasteiger partial charge on any atom is -0.362 e. The molecule has 1 amide bonds. The van der Waals surface area contributed by atoms with Gasteiger partial charge >= 0.3 is 0 Å². The zero-order valence-corrected chi connectivity index (χ0v) is 20.4. The van der Waals surface area contributed by atoms with E-state index in [2.05, 4.69) is 65.9 Å². The fourth-order valence-corrected chi connectivity index (χ4v) is 6.58. The first-order valence-electron chi connectivity index (χ1n) is 12.4. The van der Waals surface area contributed by atoms with Crippen molar-refractivity contribution in [2.75, 3.05) is 0 Å². The normalized spacial score (nSPS) is 26.9. The number of hydrogen-bond donors (Lipinski definition) is 2. The minimum absolute atomic E-state index is 0.00448. The summed E-state index contributed by atoms with van der Waals surface area (Å²) in [4.78, 5) is 13.6. The van der Waals surface area contributed by atoms with Gasteiger partial charge < -0.3 is 10.6 Å². The van der Waals surface area contributed by atoms with Crippen molar-refractivity contribution in [1.82, 2.24) is 20.4 Å². The Balaban J connectivity index is 1.56. The Morgan fingerprint density at radius 1 is 1.21 bits per heavy atom. The molecule has 0 spiro atoms. The molecule has 1 aromatic heterocycles. The van der Waals surface area contributed by atoms with Crippen LogP contribution in [0.5, 0.6) is 0 Å². The third-order valence-corrected chi connectivity index (χ3v) is 7.98. The highest BCUT2D eigenvalue weighted by Gasteiger charge is 2.53. The zero-order chi connectivity index (χ0) is 23.7. The van der Waals surface area contributed by atoms with E-state index < -0.39 is 5.41 Å². The molecule has 7 nitrogen and oxygen atoms in total. The van der Waals surface area contributed by atoms with E-state index in [1.165, 1.54) is 29.8 Å². The van der Waals surface area contributed by atoms with E-state index in [-0.39, 0.29) is 17.6 Å².